The van der Waals surface area contributed by atoms with E-state index in [4.69, 9.17) is 5.11 Å². The highest BCUT2D eigenvalue weighted by Crippen LogP contribution is 2.39. The topological polar surface area (TPSA) is 43.8 Å². The van der Waals surface area contributed by atoms with Crippen molar-refractivity contribution in [1.82, 2.24) is 9.80 Å². The molecule has 1 amide bonds. The molecule has 0 bridgehead atoms. The first-order chi connectivity index (χ1) is 12.2. The maximum Gasteiger partial charge on any atom is 0.222 e. The first-order valence-electron chi connectivity index (χ1n) is 9.39. The lowest BCUT2D eigenvalue weighted by Crippen LogP contribution is -2.54. The van der Waals surface area contributed by atoms with Crippen LogP contribution < -0.4 is 0 Å². The van der Waals surface area contributed by atoms with E-state index in [9.17, 15) is 4.79 Å². The Hall–Kier alpha value is -1.04. The highest BCUT2D eigenvalue weighted by Gasteiger charge is 2.41. The summed E-state index contributed by atoms with van der Waals surface area (Å²) in [7, 11) is 0. The third-order valence-electron chi connectivity index (χ3n) is 5.66. The van der Waals surface area contributed by atoms with E-state index in [0.29, 0.717) is 19.4 Å². The van der Waals surface area contributed by atoms with Gasteiger partial charge in [-0.1, -0.05) is 18.2 Å². The molecule has 0 unspecified atom stereocenters. The van der Waals surface area contributed by atoms with Crippen molar-refractivity contribution in [3.63, 3.8) is 0 Å². The van der Waals surface area contributed by atoms with Crippen LogP contribution in [0.1, 0.15) is 37.7 Å². The number of hydrogen-bond acceptors (Lipinski definition) is 4. The Morgan fingerprint density at radius 1 is 1.24 bits per heavy atom. The van der Waals surface area contributed by atoms with Gasteiger partial charge in [0.05, 0.1) is 0 Å². The normalized spacial score (nSPS) is 24.9. The van der Waals surface area contributed by atoms with Crippen LogP contribution in [0, 0.1) is 5.41 Å². The lowest BCUT2D eigenvalue weighted by atomic mass is 9.73. The van der Waals surface area contributed by atoms with E-state index in [1.54, 1.807) is 0 Å². The number of carbonyl (C=O) groups excluding carboxylic acids is 1. The van der Waals surface area contributed by atoms with Gasteiger partial charge in [-0.15, -0.1) is 11.8 Å². The van der Waals surface area contributed by atoms with Crippen LogP contribution in [0.2, 0.25) is 0 Å². The van der Waals surface area contributed by atoms with Gasteiger partial charge in [0.2, 0.25) is 5.91 Å². The van der Waals surface area contributed by atoms with Crippen LogP contribution >= 0.6 is 11.8 Å². The summed E-state index contributed by atoms with van der Waals surface area (Å²) >= 11 is 1.82. The van der Waals surface area contributed by atoms with Crippen molar-refractivity contribution < 1.29 is 9.90 Å². The minimum Gasteiger partial charge on any atom is -0.396 e. The third-order valence-corrected chi connectivity index (χ3v) is 6.50. The van der Waals surface area contributed by atoms with Gasteiger partial charge in [-0.3, -0.25) is 9.69 Å². The largest absolute Gasteiger partial charge is 0.396 e. The SMILES string of the molecule is CSc1ccccc1CN1CCC[C@]2(CCC(=O)N(CCCO)C2)C1. The molecule has 138 valence electrons. The van der Waals surface area contributed by atoms with E-state index in [0.717, 1.165) is 32.6 Å². The van der Waals surface area contributed by atoms with Gasteiger partial charge in [-0.2, -0.15) is 0 Å². The number of aliphatic hydroxyl groups is 1. The molecule has 1 N–H and O–H groups in total. The van der Waals surface area contributed by atoms with Crippen molar-refractivity contribution in [2.75, 3.05) is 39.0 Å². The highest BCUT2D eigenvalue weighted by atomic mass is 32.2. The quantitative estimate of drug-likeness (QED) is 0.790. The second-order valence-corrected chi connectivity index (χ2v) is 8.37. The molecule has 1 aromatic carbocycles. The molecule has 0 aromatic heterocycles. The van der Waals surface area contributed by atoms with Crippen LogP contribution in [0.25, 0.3) is 0 Å². The number of benzene rings is 1. The zero-order chi connectivity index (χ0) is 17.7. The van der Waals surface area contributed by atoms with E-state index in [1.807, 2.05) is 16.7 Å². The second-order valence-electron chi connectivity index (χ2n) is 7.52. The predicted molar refractivity (Wildman–Crippen MR) is 103 cm³/mol. The standard InChI is InChI=1S/C20H30N2O2S/c1-25-18-7-3-2-6-17(18)14-21-11-4-9-20(15-21)10-8-19(24)22(16-20)12-5-13-23/h2-3,6-7,23H,4-5,8-16H2,1H3/t20-/m0/s1. The van der Waals surface area contributed by atoms with Gasteiger partial charge in [0.25, 0.3) is 0 Å². The molecule has 1 aromatic rings. The van der Waals surface area contributed by atoms with Gasteiger partial charge in [0, 0.05) is 49.5 Å². The molecule has 1 spiro atoms. The summed E-state index contributed by atoms with van der Waals surface area (Å²) in [6, 6.07) is 8.68. The van der Waals surface area contributed by atoms with Crippen molar-refractivity contribution >= 4 is 17.7 Å². The fraction of sp³-hybridized carbons (Fsp3) is 0.650. The molecule has 2 heterocycles. The molecular weight excluding hydrogens is 332 g/mol. The molecule has 2 fully saturated rings. The van der Waals surface area contributed by atoms with Crippen molar-refractivity contribution in [2.45, 2.75) is 43.5 Å². The van der Waals surface area contributed by atoms with Gasteiger partial charge in [-0.25, -0.2) is 0 Å². The Morgan fingerprint density at radius 3 is 2.88 bits per heavy atom. The molecule has 25 heavy (non-hydrogen) atoms. The summed E-state index contributed by atoms with van der Waals surface area (Å²) in [6.07, 6.45) is 6.94. The number of piperidine rings is 2. The number of likely N-dealkylation sites (tertiary alicyclic amines) is 2. The van der Waals surface area contributed by atoms with Crippen molar-refractivity contribution in [3.8, 4) is 0 Å². The number of thioether (sulfide) groups is 1. The van der Waals surface area contributed by atoms with Crippen molar-refractivity contribution in [1.29, 1.82) is 0 Å². The number of hydrogen-bond donors (Lipinski definition) is 1. The zero-order valence-electron chi connectivity index (χ0n) is 15.2. The number of rotatable bonds is 6. The first kappa shape index (κ1) is 18.7. The van der Waals surface area contributed by atoms with Crippen LogP contribution in [0.3, 0.4) is 0 Å². The Labute approximate surface area is 155 Å². The number of carbonyl (C=O) groups is 1. The molecule has 2 aliphatic rings. The fourth-order valence-corrected chi connectivity index (χ4v) is 5.03. The lowest BCUT2D eigenvalue weighted by molar-refractivity contribution is -0.139. The predicted octanol–water partition coefficient (Wildman–Crippen LogP) is 3.00. The van der Waals surface area contributed by atoms with E-state index < -0.39 is 0 Å². The van der Waals surface area contributed by atoms with Crippen LogP contribution in [0.4, 0.5) is 0 Å². The van der Waals surface area contributed by atoms with Gasteiger partial charge in [0.1, 0.15) is 0 Å². The van der Waals surface area contributed by atoms with Gasteiger partial charge in [-0.05, 0) is 50.1 Å². The summed E-state index contributed by atoms with van der Waals surface area (Å²) in [6.45, 7) is 4.96. The van der Waals surface area contributed by atoms with E-state index in [1.165, 1.54) is 23.3 Å². The van der Waals surface area contributed by atoms with Crippen molar-refractivity contribution in [3.05, 3.63) is 29.8 Å². The molecule has 0 aliphatic carbocycles. The highest BCUT2D eigenvalue weighted by molar-refractivity contribution is 7.98. The fourth-order valence-electron chi connectivity index (χ4n) is 4.42. The molecule has 0 radical (unpaired) electrons. The second kappa shape index (κ2) is 8.56. The summed E-state index contributed by atoms with van der Waals surface area (Å²) in [4.78, 5) is 18.2. The summed E-state index contributed by atoms with van der Waals surface area (Å²) in [5.41, 5.74) is 1.66. The van der Waals surface area contributed by atoms with Gasteiger partial charge < -0.3 is 10.0 Å². The molecule has 2 aliphatic heterocycles. The first-order valence-corrected chi connectivity index (χ1v) is 10.6. The minimum atomic E-state index is 0.161. The Morgan fingerprint density at radius 2 is 2.08 bits per heavy atom. The molecule has 5 heteroatoms. The average molecular weight is 363 g/mol. The molecule has 3 rings (SSSR count). The van der Waals surface area contributed by atoms with Crippen LogP contribution in [-0.2, 0) is 11.3 Å². The third kappa shape index (κ3) is 4.57. The molecular formula is C20H30N2O2S. The van der Waals surface area contributed by atoms with Crippen LogP contribution in [0.5, 0.6) is 0 Å². The minimum absolute atomic E-state index is 0.161. The molecule has 4 nitrogen and oxygen atoms in total. The van der Waals surface area contributed by atoms with Gasteiger partial charge in [0.15, 0.2) is 0 Å². The number of nitrogens with zero attached hydrogens (tertiary/aromatic N) is 2. The molecule has 1 atom stereocenters. The van der Waals surface area contributed by atoms with Crippen LogP contribution in [0.15, 0.2) is 29.2 Å². The zero-order valence-corrected chi connectivity index (χ0v) is 16.1. The number of aliphatic hydroxyl groups excluding tert-OH is 1. The maximum atomic E-state index is 12.2. The summed E-state index contributed by atoms with van der Waals surface area (Å²) in [5.74, 6) is 0.268. The monoisotopic (exact) mass is 362 g/mol. The van der Waals surface area contributed by atoms with E-state index >= 15 is 0 Å². The Kier molecular flexibility index (Phi) is 6.42. The van der Waals surface area contributed by atoms with Crippen molar-refractivity contribution in [2.24, 2.45) is 5.41 Å². The molecule has 2 saturated heterocycles. The maximum absolute atomic E-state index is 12.2. The van der Waals surface area contributed by atoms with E-state index in [-0.39, 0.29) is 17.9 Å². The smallest absolute Gasteiger partial charge is 0.222 e. The summed E-state index contributed by atoms with van der Waals surface area (Å²) in [5, 5.41) is 9.09. The Balaban J connectivity index is 1.66. The van der Waals surface area contributed by atoms with Crippen LogP contribution in [-0.4, -0.2) is 59.9 Å². The van der Waals surface area contributed by atoms with E-state index in [2.05, 4.69) is 35.4 Å². The summed E-state index contributed by atoms with van der Waals surface area (Å²) < 4.78 is 0. The van der Waals surface area contributed by atoms with Gasteiger partial charge >= 0.3 is 0 Å². The number of amides is 1. The molecule has 0 saturated carbocycles. The Bertz CT molecular complexity index is 595. The lowest BCUT2D eigenvalue weighted by Gasteiger charge is -2.48. The average Bonchev–Trinajstić information content (AvgIpc) is 2.63.